The Hall–Kier alpha value is -11.8. The monoisotopic (exact) mass is 1930 g/mol. The zero-order valence-corrected chi connectivity index (χ0v) is 79.1. The maximum atomic E-state index is 15.1. The fraction of sp³-hybridized carbons (Fsp3) is 0.565. The number of likely N-dealkylation sites (N-methyl/N-ethyl adjacent to an activating group) is 1. The van der Waals surface area contributed by atoms with E-state index in [0.29, 0.717) is 36.0 Å². The van der Waals surface area contributed by atoms with Gasteiger partial charge >= 0.3 is 47.9 Å². The Balaban J connectivity index is 1.14. The molecule has 4 aromatic rings. The second kappa shape index (κ2) is 59.8. The van der Waals surface area contributed by atoms with Crippen LogP contribution in [0.25, 0.3) is 0 Å². The van der Waals surface area contributed by atoms with Crippen LogP contribution in [-0.2, 0) is 115 Å². The lowest BCUT2D eigenvalue weighted by molar-refractivity contribution is -0.162. The summed E-state index contributed by atoms with van der Waals surface area (Å²) in [5.41, 5.74) is 8.12. The van der Waals surface area contributed by atoms with Crippen molar-refractivity contribution < 1.29 is 136 Å². The summed E-state index contributed by atoms with van der Waals surface area (Å²) in [5, 5.41) is 67.8. The summed E-state index contributed by atoms with van der Waals surface area (Å²) in [6.45, 7) is 10.9. The Kier molecular flexibility index (Phi) is 50.3. The number of nitrogens with two attached hydrogens (primary N) is 1. The number of carbonyl (C=O) groups excluding carboxylic acids is 15. The maximum absolute atomic E-state index is 15.1. The molecule has 1 aromatic heterocycles. The molecule has 3 aromatic carbocycles. The van der Waals surface area contributed by atoms with Crippen LogP contribution in [0.15, 0.2) is 90.3 Å². The number of carboxylic acid groups (broad SMARTS) is 4. The quantitative estimate of drug-likeness (QED) is 0.00517. The number of hydrogen-bond donors (Lipinski definition) is 13. The topological polar surface area (TPSA) is 592 Å². The third-order valence-corrected chi connectivity index (χ3v) is 26.0. The molecule has 1 fully saturated rings. The molecule has 0 aliphatic carbocycles. The number of phenols is 1. The number of hydrogen-bond acceptors (Lipinski definition) is 30. The highest BCUT2D eigenvalue weighted by molar-refractivity contribution is 8.76. The van der Waals surface area contributed by atoms with Gasteiger partial charge in [-0.3, -0.25) is 81.6 Å². The number of nitrogens with zero attached hydrogens (tertiary/aromatic N) is 3. The van der Waals surface area contributed by atoms with Crippen molar-refractivity contribution in [3.63, 3.8) is 0 Å². The second-order valence-electron chi connectivity index (χ2n) is 33.5. The number of thiazole rings is 1. The van der Waals surface area contributed by atoms with Crippen molar-refractivity contribution >= 4 is 146 Å². The lowest BCUT2D eigenvalue weighted by Crippen LogP contribution is -2.50. The normalized spacial score (nSPS) is 15.4. The van der Waals surface area contributed by atoms with E-state index < -0.39 is 238 Å². The molecule has 1 aliphatic heterocycles. The van der Waals surface area contributed by atoms with E-state index in [-0.39, 0.29) is 129 Å². The highest BCUT2D eigenvalue weighted by atomic mass is 33.1. The van der Waals surface area contributed by atoms with E-state index in [1.807, 2.05) is 46.6 Å². The molecule has 42 heteroatoms. The summed E-state index contributed by atoms with van der Waals surface area (Å²) in [6, 6.07) is 15.8. The number of rotatable bonds is 65. The highest BCUT2D eigenvalue weighted by Crippen LogP contribution is 2.35. The summed E-state index contributed by atoms with van der Waals surface area (Å²) in [4.78, 5) is 258. The van der Waals surface area contributed by atoms with Crippen LogP contribution in [0.5, 0.6) is 5.75 Å². The SMILES string of the molecule is CCCC(=O)OCN(C(=O)[C@@H](CC(=O)[C@H]1CCCCN1C)C(C)CC)[C@H](C[C@@H](OC(C)=O)c1nc(C(=O)N[C@@H](Cc2ccc(O)cc2)C[C@H](C)C(=O)CNC(=O)OCCSSC[C@@H](CC(=O)[C@H](CC(=O)O)CC(=O)[C@@H](N)CNC(=O)[C@@H](CC(=O)[C@H](Cc2ccccc2)NC(=O)CCNC(=O)CC[C@H](NC(=O)N[C@@H](CCC(=O)O)OC=O)C(=O)O)Cc2ccccc2)C(=O)O)cs1)C(C)C. The van der Waals surface area contributed by atoms with Crippen molar-refractivity contribution in [2.24, 2.45) is 47.2 Å². The molecule has 736 valence electrons. The summed E-state index contributed by atoms with van der Waals surface area (Å²) < 4.78 is 21.6. The average Bonchev–Trinajstić information content (AvgIpc) is 1.51. The predicted molar refractivity (Wildman–Crippen MR) is 492 cm³/mol. The van der Waals surface area contributed by atoms with E-state index in [4.69, 9.17) is 25.1 Å². The molecule has 1 unspecified atom stereocenters. The Bertz CT molecular complexity index is 4590. The van der Waals surface area contributed by atoms with Gasteiger partial charge in [-0.25, -0.2) is 19.4 Å². The molecule has 134 heavy (non-hydrogen) atoms. The minimum atomic E-state index is -1.64. The predicted octanol–water partition coefficient (Wildman–Crippen LogP) is 7.25. The number of ether oxygens (including phenoxy) is 4. The Morgan fingerprint density at radius 1 is 0.649 bits per heavy atom. The Labute approximate surface area is 789 Å². The molecule has 0 radical (unpaired) electrons. The van der Waals surface area contributed by atoms with Crippen molar-refractivity contribution in [1.82, 2.24) is 52.0 Å². The summed E-state index contributed by atoms with van der Waals surface area (Å²) in [6.07, 6.45) is -4.78. The van der Waals surface area contributed by atoms with Crippen LogP contribution in [0.2, 0.25) is 0 Å². The van der Waals surface area contributed by atoms with Gasteiger partial charge in [0, 0.05) is 130 Å². The summed E-state index contributed by atoms with van der Waals surface area (Å²) >= 11 is 1.03. The smallest absolute Gasteiger partial charge is 0.407 e. The molecule has 0 bridgehead atoms. The first-order valence-corrected chi connectivity index (χ1v) is 47.9. The third kappa shape index (κ3) is 41.8. The second-order valence-corrected chi connectivity index (χ2v) is 37.0. The molecule has 2 heterocycles. The lowest BCUT2D eigenvalue weighted by Gasteiger charge is -2.39. The number of benzene rings is 3. The highest BCUT2D eigenvalue weighted by Gasteiger charge is 2.41. The minimum Gasteiger partial charge on any atom is -0.508 e. The number of esters is 2. The average molecular weight is 1930 g/mol. The number of alkyl carbamates (subject to hydrolysis) is 1. The van der Waals surface area contributed by atoms with Gasteiger partial charge in [-0.2, -0.15) is 0 Å². The van der Waals surface area contributed by atoms with E-state index in [1.54, 1.807) is 79.7 Å². The molecule has 1 saturated heterocycles. The van der Waals surface area contributed by atoms with Gasteiger partial charge in [0.25, 0.3) is 12.4 Å². The molecule has 1 aliphatic rings. The molecule has 5 rings (SSSR count). The number of nitrogens with one attached hydrogen (secondary N) is 7. The fourth-order valence-electron chi connectivity index (χ4n) is 14.9. The van der Waals surface area contributed by atoms with E-state index in [1.165, 1.54) is 29.3 Å². The molecule has 14 atom stereocenters. The first kappa shape index (κ1) is 113. The van der Waals surface area contributed by atoms with Crippen LogP contribution in [0, 0.1) is 41.4 Å². The molecular weight excluding hydrogens is 1800 g/mol. The minimum absolute atomic E-state index is 0.0173. The number of aromatic nitrogens is 1. The summed E-state index contributed by atoms with van der Waals surface area (Å²) in [5.74, 6) is -19.4. The lowest BCUT2D eigenvalue weighted by atomic mass is 9.82. The van der Waals surface area contributed by atoms with Gasteiger partial charge in [0.05, 0.1) is 43.4 Å². The number of carbonyl (C=O) groups is 19. The van der Waals surface area contributed by atoms with Gasteiger partial charge in [-0.05, 0) is 106 Å². The molecular formula is C92H127N11O28S3. The molecule has 14 N–H and O–H groups in total. The first-order chi connectivity index (χ1) is 63.7. The van der Waals surface area contributed by atoms with Crippen molar-refractivity contribution in [2.45, 2.75) is 232 Å². The Morgan fingerprint density at radius 2 is 1.31 bits per heavy atom. The van der Waals surface area contributed by atoms with Crippen molar-refractivity contribution in [3.8, 4) is 5.75 Å². The number of likely N-dealkylation sites (tertiary alicyclic amines) is 1. The van der Waals surface area contributed by atoms with E-state index in [2.05, 4.69) is 46.9 Å². The number of amides is 8. The third-order valence-electron chi connectivity index (χ3n) is 22.6. The number of piperidine rings is 1. The van der Waals surface area contributed by atoms with Crippen LogP contribution < -0.4 is 43.0 Å². The number of Topliss-reactive ketones (excluding diaryl/α,β-unsaturated/α-hetero) is 5. The van der Waals surface area contributed by atoms with Gasteiger partial charge in [-0.1, -0.05) is 149 Å². The van der Waals surface area contributed by atoms with Crippen LogP contribution in [-0.4, -0.2) is 254 Å². The maximum Gasteiger partial charge on any atom is 0.407 e. The van der Waals surface area contributed by atoms with Crippen molar-refractivity contribution in [3.05, 3.63) is 118 Å². The van der Waals surface area contributed by atoms with Gasteiger partial charge in [-0.15, -0.1) is 11.3 Å². The van der Waals surface area contributed by atoms with E-state index in [0.717, 1.165) is 52.3 Å². The number of urea groups is 1. The van der Waals surface area contributed by atoms with Crippen LogP contribution >= 0.6 is 32.9 Å². The fourth-order valence-corrected chi connectivity index (χ4v) is 17.8. The molecule has 39 nitrogen and oxygen atoms in total. The molecule has 0 saturated carbocycles. The van der Waals surface area contributed by atoms with Crippen molar-refractivity contribution in [1.29, 1.82) is 0 Å². The van der Waals surface area contributed by atoms with Crippen molar-refractivity contribution in [2.75, 3.05) is 58.1 Å². The largest absolute Gasteiger partial charge is 0.508 e. The number of aliphatic carboxylic acids is 4. The van der Waals surface area contributed by atoms with Gasteiger partial charge in [0.1, 0.15) is 34.9 Å². The van der Waals surface area contributed by atoms with E-state index in [9.17, 15) is 107 Å². The number of ketones is 5. The zero-order valence-electron chi connectivity index (χ0n) is 76.7. The van der Waals surface area contributed by atoms with Crippen LogP contribution in [0.4, 0.5) is 9.59 Å². The van der Waals surface area contributed by atoms with Gasteiger partial charge in [0.15, 0.2) is 42.2 Å². The molecule has 8 amide bonds. The van der Waals surface area contributed by atoms with Crippen LogP contribution in [0.3, 0.4) is 0 Å². The number of aromatic hydroxyl groups is 1. The zero-order chi connectivity index (χ0) is 99.1. The summed E-state index contributed by atoms with van der Waals surface area (Å²) in [7, 11) is 3.96. The first-order valence-electron chi connectivity index (χ1n) is 44.6. The number of phenolic OH excluding ortho intramolecular Hbond substituents is 1. The van der Waals surface area contributed by atoms with E-state index >= 15 is 4.79 Å². The van der Waals surface area contributed by atoms with Crippen LogP contribution in [0.1, 0.15) is 202 Å². The van der Waals surface area contributed by atoms with Gasteiger partial charge < -0.3 is 92.3 Å². The standard InChI is InChI=1S/C92H127N11O28S3/c1-9-19-84(118)129-52-103(88(121)66(55(5)10-2)46-76(110)71-24-17-18-35-102(71)8)72(54(3)4)47-78(131-57(7)105)87-99-70(51-132-87)86(120)97-64(40-60-25-27-65(106)28-26-60)38-56(6)77(111)49-96-92(127)128-36-37-133-134-50-63(89(122)123)44-73(107)61(45-83(116)117)42-74(108)67(93)48-95-85(119)62(39-58-20-13-11-14-21-58)43-75(109)69(41-59-22-15-12-16-23-59)98-80(113)33-34-94-79(112)30-29-68(90(124)125)100-91(126)101-81(130-53-104)31-32-82(114)115/h11-16,20-23,25-28,51,53-56,61-64,66-69,71-72,78,81,106H,9-10,17-19,24,29-50,52,93H2,1-8H3,(H,94,112)(H,95,119)(H,96,127)(H,97,120)(H,98,113)(H,114,115)(H,116,117)(H,122,123)(H,124,125)(H2,100,101,126)/t55?,56-,61-,62+,63+,64+,66-,67-,68-,69-,71+,72+,78+,81+/m0/s1. The Morgan fingerprint density at radius 3 is 1.92 bits per heavy atom. The number of carboxylic acids is 4. The van der Waals surface area contributed by atoms with Gasteiger partial charge in [0.2, 0.25) is 23.6 Å². The molecule has 0 spiro atoms.